The van der Waals surface area contributed by atoms with E-state index in [0.29, 0.717) is 40.9 Å². The molecule has 1 N–H and O–H groups in total. The van der Waals surface area contributed by atoms with Crippen molar-refractivity contribution in [2.75, 3.05) is 27.9 Å². The predicted molar refractivity (Wildman–Crippen MR) is 113 cm³/mol. The number of nitrogens with zero attached hydrogens (tertiary/aromatic N) is 2. The van der Waals surface area contributed by atoms with Gasteiger partial charge in [-0.2, -0.15) is 0 Å². The summed E-state index contributed by atoms with van der Waals surface area (Å²) in [5.74, 6) is 1.32. The van der Waals surface area contributed by atoms with Crippen LogP contribution in [0.2, 0.25) is 0 Å². The zero-order valence-electron chi connectivity index (χ0n) is 18.3. The number of carbonyl (C=O) groups is 2. The highest BCUT2D eigenvalue weighted by Crippen LogP contribution is 2.38. The van der Waals surface area contributed by atoms with Crippen LogP contribution in [0.4, 0.5) is 0 Å². The number of hydrogen-bond acceptors (Lipinski definition) is 8. The van der Waals surface area contributed by atoms with Crippen LogP contribution in [0.3, 0.4) is 0 Å². The topological polar surface area (TPSA) is 116 Å². The van der Waals surface area contributed by atoms with Gasteiger partial charge in [0.05, 0.1) is 40.7 Å². The molecule has 0 spiro atoms. The highest BCUT2D eigenvalue weighted by Gasteiger charge is 2.24. The van der Waals surface area contributed by atoms with Gasteiger partial charge >= 0.3 is 0 Å². The van der Waals surface area contributed by atoms with Crippen molar-refractivity contribution in [3.05, 3.63) is 59.4 Å². The summed E-state index contributed by atoms with van der Waals surface area (Å²) in [5, 5.41) is 6.44. The molecule has 0 fully saturated rings. The lowest BCUT2D eigenvalue weighted by molar-refractivity contribution is 0.0699. The Morgan fingerprint density at radius 2 is 1.72 bits per heavy atom. The summed E-state index contributed by atoms with van der Waals surface area (Å²) < 4.78 is 26.8. The molecule has 2 aromatic heterocycles. The van der Waals surface area contributed by atoms with Crippen LogP contribution in [-0.4, -0.2) is 49.7 Å². The molecule has 32 heavy (non-hydrogen) atoms. The van der Waals surface area contributed by atoms with Crippen molar-refractivity contribution in [1.29, 1.82) is 0 Å². The quantitative estimate of drug-likeness (QED) is 0.508. The Kier molecular flexibility index (Phi) is 7.37. The fourth-order valence-electron chi connectivity index (χ4n) is 3.11. The zero-order valence-corrected chi connectivity index (χ0v) is 18.3. The molecule has 0 aliphatic rings. The van der Waals surface area contributed by atoms with E-state index in [1.807, 2.05) is 0 Å². The molecule has 0 atom stereocenters. The van der Waals surface area contributed by atoms with Gasteiger partial charge in [0.15, 0.2) is 23.0 Å². The minimum Gasteiger partial charge on any atom is -0.493 e. The van der Waals surface area contributed by atoms with Gasteiger partial charge in [-0.1, -0.05) is 5.16 Å². The van der Waals surface area contributed by atoms with Gasteiger partial charge in [-0.05, 0) is 31.2 Å². The second-order valence-electron chi connectivity index (χ2n) is 6.69. The van der Waals surface area contributed by atoms with Gasteiger partial charge in [0.2, 0.25) is 5.75 Å². The fraction of sp³-hybridized carbons (Fsp3) is 0.318. The fourth-order valence-corrected chi connectivity index (χ4v) is 3.11. The number of carbonyl (C=O) groups excluding carboxylic acids is 2. The van der Waals surface area contributed by atoms with Crippen molar-refractivity contribution in [2.45, 2.75) is 20.0 Å². The van der Waals surface area contributed by atoms with Crippen LogP contribution in [0.25, 0.3) is 0 Å². The van der Waals surface area contributed by atoms with Crippen LogP contribution in [-0.2, 0) is 13.1 Å². The molecule has 0 unspecified atom stereocenters. The maximum absolute atomic E-state index is 13.4. The highest BCUT2D eigenvalue weighted by atomic mass is 16.5. The van der Waals surface area contributed by atoms with Gasteiger partial charge in [0.25, 0.3) is 11.8 Å². The smallest absolute Gasteiger partial charge is 0.273 e. The molecule has 0 radical (unpaired) electrons. The number of hydrogen-bond donors (Lipinski definition) is 1. The molecule has 10 nitrogen and oxygen atoms in total. The maximum atomic E-state index is 13.4. The molecule has 2 amide bonds. The molecule has 1 aromatic carbocycles. The molecule has 0 saturated heterocycles. The second kappa shape index (κ2) is 10.4. The summed E-state index contributed by atoms with van der Waals surface area (Å²) in [6, 6.07) is 8.14. The van der Waals surface area contributed by atoms with Crippen molar-refractivity contribution >= 4 is 11.8 Å². The third-order valence-corrected chi connectivity index (χ3v) is 4.60. The standard InChI is InChI=1S/C22H25N3O7/c1-5-23-21(26)17-11-16(32-24-17)13-25(12-15-7-6-8-31-15)22(27)14-9-18(28-2)20(30-4)19(10-14)29-3/h6-11H,5,12-13H2,1-4H3,(H,23,26). The number of methoxy groups -OCH3 is 3. The lowest BCUT2D eigenvalue weighted by atomic mass is 10.1. The first-order chi connectivity index (χ1) is 15.5. The number of rotatable bonds is 10. The molecular formula is C22H25N3O7. The molecule has 0 aliphatic carbocycles. The molecule has 0 saturated carbocycles. The average Bonchev–Trinajstić information content (AvgIpc) is 3.49. The van der Waals surface area contributed by atoms with E-state index in [4.69, 9.17) is 23.2 Å². The van der Waals surface area contributed by atoms with Crippen molar-refractivity contribution in [2.24, 2.45) is 0 Å². The number of amides is 2. The molecule has 3 aromatic rings. The minimum atomic E-state index is -0.351. The van der Waals surface area contributed by atoms with E-state index >= 15 is 0 Å². The molecule has 0 aliphatic heterocycles. The summed E-state index contributed by atoms with van der Waals surface area (Å²) in [6.45, 7) is 2.49. The van der Waals surface area contributed by atoms with Gasteiger partial charge < -0.3 is 33.4 Å². The highest BCUT2D eigenvalue weighted by molar-refractivity contribution is 5.95. The van der Waals surface area contributed by atoms with Gasteiger partial charge in [0.1, 0.15) is 5.76 Å². The van der Waals surface area contributed by atoms with Crippen LogP contribution in [0.1, 0.15) is 39.3 Å². The number of furan rings is 1. The monoisotopic (exact) mass is 443 g/mol. The third kappa shape index (κ3) is 5.02. The normalized spacial score (nSPS) is 10.5. The summed E-state index contributed by atoms with van der Waals surface area (Å²) in [4.78, 5) is 26.9. The number of ether oxygens (including phenoxy) is 3. The Bertz CT molecular complexity index is 1030. The van der Waals surface area contributed by atoms with Crippen LogP contribution < -0.4 is 19.5 Å². The second-order valence-corrected chi connectivity index (χ2v) is 6.69. The van der Waals surface area contributed by atoms with Gasteiger partial charge in [0, 0.05) is 18.2 Å². The van der Waals surface area contributed by atoms with Crippen LogP contribution in [0.5, 0.6) is 17.2 Å². The lowest BCUT2D eigenvalue weighted by Crippen LogP contribution is -2.30. The van der Waals surface area contributed by atoms with E-state index in [0.717, 1.165) is 0 Å². The summed E-state index contributed by atoms with van der Waals surface area (Å²) in [5.41, 5.74) is 0.453. The van der Waals surface area contributed by atoms with E-state index in [1.54, 1.807) is 31.2 Å². The van der Waals surface area contributed by atoms with Gasteiger partial charge in [-0.15, -0.1) is 0 Å². The Balaban J connectivity index is 1.92. The van der Waals surface area contributed by atoms with E-state index in [2.05, 4.69) is 10.5 Å². The SMILES string of the molecule is CCNC(=O)c1cc(CN(Cc2ccco2)C(=O)c2cc(OC)c(OC)c(OC)c2)on1. The van der Waals surface area contributed by atoms with Crippen LogP contribution in [0.15, 0.2) is 45.5 Å². The first kappa shape index (κ1) is 22.7. The van der Waals surface area contributed by atoms with E-state index in [9.17, 15) is 9.59 Å². The number of benzene rings is 1. The van der Waals surface area contributed by atoms with Crippen LogP contribution >= 0.6 is 0 Å². The van der Waals surface area contributed by atoms with E-state index in [-0.39, 0.29) is 30.6 Å². The van der Waals surface area contributed by atoms with Gasteiger partial charge in [-0.3, -0.25) is 9.59 Å². The molecule has 170 valence electrons. The molecule has 2 heterocycles. The van der Waals surface area contributed by atoms with Crippen molar-refractivity contribution < 1.29 is 32.7 Å². The lowest BCUT2D eigenvalue weighted by Gasteiger charge is -2.21. The van der Waals surface area contributed by atoms with Crippen molar-refractivity contribution in [3.8, 4) is 17.2 Å². The minimum absolute atomic E-state index is 0.0581. The summed E-state index contributed by atoms with van der Waals surface area (Å²) in [7, 11) is 4.44. The van der Waals surface area contributed by atoms with Gasteiger partial charge in [-0.25, -0.2) is 0 Å². The molecule has 0 bridgehead atoms. The Morgan fingerprint density at radius 1 is 1.03 bits per heavy atom. The maximum Gasteiger partial charge on any atom is 0.273 e. The first-order valence-corrected chi connectivity index (χ1v) is 9.86. The Hall–Kier alpha value is -3.95. The van der Waals surface area contributed by atoms with E-state index in [1.165, 1.54) is 38.6 Å². The van der Waals surface area contributed by atoms with E-state index < -0.39 is 0 Å². The third-order valence-electron chi connectivity index (χ3n) is 4.60. The summed E-state index contributed by atoms with van der Waals surface area (Å²) in [6.07, 6.45) is 1.53. The van der Waals surface area contributed by atoms with Crippen molar-refractivity contribution in [1.82, 2.24) is 15.4 Å². The largest absolute Gasteiger partial charge is 0.493 e. The van der Waals surface area contributed by atoms with Crippen molar-refractivity contribution in [3.63, 3.8) is 0 Å². The average molecular weight is 443 g/mol. The molecule has 10 heteroatoms. The first-order valence-electron chi connectivity index (χ1n) is 9.86. The predicted octanol–water partition coefficient (Wildman–Crippen LogP) is 2.89. The Morgan fingerprint density at radius 3 is 2.28 bits per heavy atom. The summed E-state index contributed by atoms with van der Waals surface area (Å²) >= 11 is 0. The number of nitrogens with one attached hydrogen (secondary N) is 1. The Labute approximate surface area is 185 Å². The van der Waals surface area contributed by atoms with Crippen LogP contribution in [0, 0.1) is 0 Å². The zero-order chi connectivity index (χ0) is 23.1. The number of aromatic nitrogens is 1. The molecule has 3 rings (SSSR count). The molecular weight excluding hydrogens is 418 g/mol.